The number of nitrogens with zero attached hydrogens (tertiary/aromatic N) is 7. The van der Waals surface area contributed by atoms with Crippen LogP contribution in [0.15, 0.2) is 83.0 Å². The van der Waals surface area contributed by atoms with Crippen LogP contribution >= 0.6 is 0 Å². The molecule has 0 aliphatic heterocycles. The van der Waals surface area contributed by atoms with Gasteiger partial charge in [-0.15, -0.1) is 0 Å². The molecule has 0 saturated carbocycles. The summed E-state index contributed by atoms with van der Waals surface area (Å²) in [5, 5.41) is 30.9. The summed E-state index contributed by atoms with van der Waals surface area (Å²) in [5.74, 6) is 0.161. The third-order valence-corrected chi connectivity index (χ3v) is 5.75. The predicted molar refractivity (Wildman–Crippen MR) is 184 cm³/mol. The molecule has 236 valence electrons. The molecule has 0 aromatic heterocycles. The molecule has 0 fully saturated rings. The van der Waals surface area contributed by atoms with E-state index in [0.717, 1.165) is 61.5 Å². The number of nitrogens with one attached hydrogen (secondary N) is 5. The van der Waals surface area contributed by atoms with Gasteiger partial charge in [0.25, 0.3) is 0 Å². The maximum absolute atomic E-state index is 8.07. The van der Waals surface area contributed by atoms with E-state index >= 15 is 0 Å². The molecule has 45 heavy (non-hydrogen) atoms. The van der Waals surface area contributed by atoms with E-state index in [0.29, 0.717) is 30.9 Å². The van der Waals surface area contributed by atoms with Crippen molar-refractivity contribution >= 4 is 34.4 Å². The number of azide groups is 2. The third kappa shape index (κ3) is 17.6. The maximum Gasteiger partial charge on any atom is 0.187 e. The molecule has 0 unspecified atom stereocenters. The Kier molecular flexibility index (Phi) is 19.5. The number of anilines is 3. The van der Waals surface area contributed by atoms with E-state index < -0.39 is 0 Å². The number of benzene rings is 3. The van der Waals surface area contributed by atoms with Gasteiger partial charge in [0.15, 0.2) is 5.69 Å². The molecule has 0 aliphatic carbocycles. The van der Waals surface area contributed by atoms with Crippen molar-refractivity contribution in [3.63, 3.8) is 0 Å². The molecule has 3 aromatic carbocycles. The van der Waals surface area contributed by atoms with Crippen LogP contribution in [0.5, 0.6) is 0 Å². The van der Waals surface area contributed by atoms with Crippen molar-refractivity contribution in [1.29, 1.82) is 10.8 Å². The van der Waals surface area contributed by atoms with Crippen LogP contribution in [0.4, 0.5) is 22.7 Å². The van der Waals surface area contributed by atoms with Crippen molar-refractivity contribution in [2.24, 2.45) is 27.4 Å². The molecule has 0 amide bonds. The van der Waals surface area contributed by atoms with E-state index in [-0.39, 0.29) is 11.7 Å². The molecule has 15 nitrogen and oxygen atoms in total. The van der Waals surface area contributed by atoms with Gasteiger partial charge in [0.1, 0.15) is 11.7 Å². The summed E-state index contributed by atoms with van der Waals surface area (Å²) in [6, 6.07) is 22.0. The lowest BCUT2D eigenvalue weighted by Gasteiger charge is -2.05. The highest BCUT2D eigenvalue weighted by atomic mass is 15.1. The molecule has 3 rings (SSSR count). The molecular formula is C30H41N15. The smallest absolute Gasteiger partial charge is 0.187 e. The molecule has 0 spiro atoms. The average Bonchev–Trinajstić information content (AvgIpc) is 3.06. The predicted octanol–water partition coefficient (Wildman–Crippen LogP) is 6.16. The maximum atomic E-state index is 8.07. The highest BCUT2D eigenvalue weighted by molar-refractivity contribution is 5.95. The Morgan fingerprint density at radius 3 is 1.31 bits per heavy atom. The van der Waals surface area contributed by atoms with Gasteiger partial charge in [-0.05, 0) is 97.5 Å². The normalized spacial score (nSPS) is 9.24. The highest BCUT2D eigenvalue weighted by Gasteiger charge is 1.97. The topological polar surface area (TPSA) is 264 Å². The molecule has 0 bridgehead atoms. The van der Waals surface area contributed by atoms with Crippen LogP contribution in [0.25, 0.3) is 25.7 Å². The van der Waals surface area contributed by atoms with Crippen LogP contribution in [0, 0.1) is 17.4 Å². The molecule has 0 aliphatic rings. The van der Waals surface area contributed by atoms with Crippen LogP contribution in [0.1, 0.15) is 30.4 Å². The van der Waals surface area contributed by atoms with Gasteiger partial charge in [0.2, 0.25) is 0 Å². The number of rotatable bonds is 16. The van der Waals surface area contributed by atoms with Crippen molar-refractivity contribution in [3.05, 3.63) is 116 Å². The molecule has 0 radical (unpaired) electrons. The minimum Gasteiger partial charge on any atom is -0.385 e. The molecule has 0 heterocycles. The minimum absolute atomic E-state index is 0.0647. The molecule has 15 heteroatoms. The first kappa shape index (κ1) is 37.1. The lowest BCUT2D eigenvalue weighted by Crippen LogP contribution is -2.11. The Morgan fingerprint density at radius 2 is 1.00 bits per heavy atom. The number of hydrogen-bond donors (Lipinski definition) is 8. The van der Waals surface area contributed by atoms with Gasteiger partial charge in [-0.25, -0.2) is 4.85 Å². The Balaban J connectivity index is 0.000000338. The number of nitrogens with two attached hydrogens (primary N) is 3. The molecule has 0 saturated heterocycles. The van der Waals surface area contributed by atoms with Gasteiger partial charge < -0.3 is 33.2 Å². The van der Waals surface area contributed by atoms with Crippen molar-refractivity contribution in [2.75, 3.05) is 55.2 Å². The fourth-order valence-electron chi connectivity index (χ4n) is 3.38. The molecule has 11 N–H and O–H groups in total. The summed E-state index contributed by atoms with van der Waals surface area (Å²) < 4.78 is 0. The fourth-order valence-corrected chi connectivity index (χ4v) is 3.38. The standard InChI is InChI=1S/C10H14N6.C10H11N5.C10H16N4/c11-10(12)8-2-4-9(5-3-8)14-6-1-7-15-16-13;1-12-9-3-5-10(6-4-9)13-7-2-8-14-15-11;11-6-1-7-14-9-4-2-8(3-5-9)10(12)13/h2-5,14H,1,6-7H2,(H3,11,12);3-6,13H,2,7-8H2;2-5,14H,1,6-7,11H2,(H3,12,13). The van der Waals surface area contributed by atoms with Crippen LogP contribution in [0.2, 0.25) is 0 Å². The summed E-state index contributed by atoms with van der Waals surface area (Å²) >= 11 is 0. The Morgan fingerprint density at radius 1 is 0.644 bits per heavy atom. The van der Waals surface area contributed by atoms with Crippen LogP contribution in [-0.2, 0) is 0 Å². The second-order valence-corrected chi connectivity index (χ2v) is 9.18. The Bertz CT molecular complexity index is 1420. The van der Waals surface area contributed by atoms with Gasteiger partial charge in [0, 0.05) is 70.7 Å². The summed E-state index contributed by atoms with van der Waals surface area (Å²) in [7, 11) is 0. The zero-order valence-electron chi connectivity index (χ0n) is 25.2. The fraction of sp³-hybridized carbons (Fsp3) is 0.300. The monoisotopic (exact) mass is 611 g/mol. The zero-order chi connectivity index (χ0) is 33.1. The Hall–Kier alpha value is -5.93. The number of amidine groups is 2. The quantitative estimate of drug-likeness (QED) is 0.0178. The molecule has 3 aromatic rings. The first-order valence-corrected chi connectivity index (χ1v) is 14.1. The second kappa shape index (κ2) is 23.6. The molecular weight excluding hydrogens is 570 g/mol. The van der Waals surface area contributed by atoms with Crippen LogP contribution in [0.3, 0.4) is 0 Å². The summed E-state index contributed by atoms with van der Waals surface area (Å²) in [6.07, 6.45) is 2.54. The number of hydrogen-bond acceptors (Lipinski definition) is 8. The van der Waals surface area contributed by atoms with E-state index in [1.54, 1.807) is 24.3 Å². The lowest BCUT2D eigenvalue weighted by molar-refractivity contribution is 0.867. The van der Waals surface area contributed by atoms with Crippen molar-refractivity contribution in [3.8, 4) is 0 Å². The first-order chi connectivity index (χ1) is 21.8. The van der Waals surface area contributed by atoms with Gasteiger partial charge in [-0.3, -0.25) is 10.8 Å². The van der Waals surface area contributed by atoms with Crippen molar-refractivity contribution < 1.29 is 0 Å². The van der Waals surface area contributed by atoms with E-state index in [1.807, 2.05) is 48.5 Å². The SMILES string of the molecule is N=C(N)c1ccc(NCCCN)cc1.[C-]#[N+]c1ccc(NCCCN=[N+]=[N-])cc1.[N-]=[N+]=NCCCNc1ccc(C(=N)N)cc1. The van der Waals surface area contributed by atoms with E-state index in [2.05, 4.69) is 40.8 Å². The largest absolute Gasteiger partial charge is 0.385 e. The summed E-state index contributed by atoms with van der Waals surface area (Å²) in [4.78, 5) is 8.64. The van der Waals surface area contributed by atoms with Gasteiger partial charge in [-0.2, -0.15) is 0 Å². The number of nitrogen functional groups attached to an aromatic ring is 2. The third-order valence-electron chi connectivity index (χ3n) is 5.75. The highest BCUT2D eigenvalue weighted by Crippen LogP contribution is 2.15. The Labute approximate surface area is 263 Å². The van der Waals surface area contributed by atoms with Gasteiger partial charge >= 0.3 is 0 Å². The van der Waals surface area contributed by atoms with Gasteiger partial charge in [-0.1, -0.05) is 22.4 Å². The van der Waals surface area contributed by atoms with Crippen LogP contribution < -0.4 is 33.2 Å². The van der Waals surface area contributed by atoms with E-state index in [1.165, 1.54) is 0 Å². The van der Waals surface area contributed by atoms with Crippen molar-refractivity contribution in [2.45, 2.75) is 19.3 Å². The van der Waals surface area contributed by atoms with E-state index in [4.69, 9.17) is 45.7 Å². The summed E-state index contributed by atoms with van der Waals surface area (Å²) in [5.41, 5.74) is 37.2. The zero-order valence-corrected chi connectivity index (χ0v) is 25.2. The lowest BCUT2D eigenvalue weighted by atomic mass is 10.2. The van der Waals surface area contributed by atoms with E-state index in [9.17, 15) is 0 Å². The van der Waals surface area contributed by atoms with Crippen molar-refractivity contribution in [1.82, 2.24) is 0 Å². The minimum atomic E-state index is 0.0647. The molecule has 0 atom stereocenters. The van der Waals surface area contributed by atoms with Crippen LogP contribution in [-0.4, -0.2) is 50.9 Å². The second-order valence-electron chi connectivity index (χ2n) is 9.18. The van der Waals surface area contributed by atoms with Gasteiger partial charge in [0.05, 0.1) is 6.57 Å². The first-order valence-electron chi connectivity index (χ1n) is 14.1. The average molecular weight is 612 g/mol. The summed E-state index contributed by atoms with van der Waals surface area (Å²) in [6.45, 7) is 10.9.